The Morgan fingerprint density at radius 1 is 1.20 bits per heavy atom. The number of anilines is 1. The highest BCUT2D eigenvalue weighted by Crippen LogP contribution is 2.33. The number of amides is 2. The van der Waals surface area contributed by atoms with Gasteiger partial charge in [-0.1, -0.05) is 29.3 Å². The van der Waals surface area contributed by atoms with Gasteiger partial charge in [0.05, 0.1) is 26.0 Å². The minimum Gasteiger partial charge on any atom is -0.345 e. The average molecular weight is 397 g/mol. The molecule has 1 atom stereocenters. The summed E-state index contributed by atoms with van der Waals surface area (Å²) < 4.78 is 0. The molecule has 7 heteroatoms. The van der Waals surface area contributed by atoms with Gasteiger partial charge in [-0.2, -0.15) is 0 Å². The first kappa shape index (κ1) is 18.2. The summed E-state index contributed by atoms with van der Waals surface area (Å²) in [6.45, 7) is 3.75. The zero-order valence-corrected chi connectivity index (χ0v) is 16.2. The molecule has 4 nitrogen and oxygen atoms in total. The standard InChI is InChI=1S/C18H18Cl2N2O2S/c1-9-7-15(22-17(23)11-3-4-11)25-16(9)18(24)21-10(2)12-5-6-13(19)14(20)8-12/h5-8,10-11H,3-4H2,1-2H3,(H,21,24)(H,22,23)/t10-/m0/s1. The topological polar surface area (TPSA) is 58.2 Å². The molecule has 1 heterocycles. The molecule has 0 saturated heterocycles. The van der Waals surface area contributed by atoms with Gasteiger partial charge >= 0.3 is 0 Å². The summed E-state index contributed by atoms with van der Waals surface area (Å²) in [5.41, 5.74) is 1.72. The van der Waals surface area contributed by atoms with Gasteiger partial charge in [-0.15, -0.1) is 11.3 Å². The predicted octanol–water partition coefficient (Wildman–Crippen LogP) is 5.20. The minimum absolute atomic E-state index is 0.0392. The first-order valence-electron chi connectivity index (χ1n) is 8.02. The second kappa shape index (κ2) is 7.36. The summed E-state index contributed by atoms with van der Waals surface area (Å²) in [7, 11) is 0. The van der Waals surface area contributed by atoms with Crippen molar-refractivity contribution in [3.63, 3.8) is 0 Å². The molecule has 1 aromatic heterocycles. The van der Waals surface area contributed by atoms with Gasteiger partial charge in [0, 0.05) is 5.92 Å². The maximum Gasteiger partial charge on any atom is 0.262 e. The van der Waals surface area contributed by atoms with Crippen molar-refractivity contribution in [1.29, 1.82) is 0 Å². The van der Waals surface area contributed by atoms with E-state index in [4.69, 9.17) is 23.2 Å². The Bertz CT molecular complexity index is 830. The van der Waals surface area contributed by atoms with Crippen LogP contribution in [-0.4, -0.2) is 11.8 Å². The van der Waals surface area contributed by atoms with Gasteiger partial charge in [-0.05, 0) is 56.0 Å². The summed E-state index contributed by atoms with van der Waals surface area (Å²) in [5.74, 6) is -0.000246. The molecule has 0 bridgehead atoms. The number of hydrogen-bond donors (Lipinski definition) is 2. The van der Waals surface area contributed by atoms with Crippen LogP contribution in [0.3, 0.4) is 0 Å². The van der Waals surface area contributed by atoms with E-state index in [1.165, 1.54) is 11.3 Å². The van der Waals surface area contributed by atoms with Crippen LogP contribution in [0.2, 0.25) is 10.0 Å². The maximum absolute atomic E-state index is 12.6. The molecule has 1 aliphatic rings. The van der Waals surface area contributed by atoms with Gasteiger partial charge in [0.2, 0.25) is 5.91 Å². The highest BCUT2D eigenvalue weighted by Gasteiger charge is 2.30. The van der Waals surface area contributed by atoms with Crippen LogP contribution in [0.15, 0.2) is 24.3 Å². The zero-order valence-electron chi connectivity index (χ0n) is 13.9. The molecule has 2 aromatic rings. The number of thiophene rings is 1. The second-order valence-corrected chi connectivity index (χ2v) is 8.12. The van der Waals surface area contributed by atoms with E-state index in [9.17, 15) is 9.59 Å². The molecule has 0 unspecified atom stereocenters. The molecule has 132 valence electrons. The minimum atomic E-state index is -0.215. The van der Waals surface area contributed by atoms with Crippen molar-refractivity contribution in [2.45, 2.75) is 32.7 Å². The molecule has 3 rings (SSSR count). The van der Waals surface area contributed by atoms with E-state index >= 15 is 0 Å². The normalized spacial score (nSPS) is 14.9. The number of carbonyl (C=O) groups excluding carboxylic acids is 2. The van der Waals surface area contributed by atoms with Gasteiger partial charge < -0.3 is 10.6 Å². The van der Waals surface area contributed by atoms with Crippen molar-refractivity contribution in [1.82, 2.24) is 5.32 Å². The molecule has 2 N–H and O–H groups in total. The van der Waals surface area contributed by atoms with Crippen LogP contribution in [0.25, 0.3) is 0 Å². The van der Waals surface area contributed by atoms with E-state index in [1.807, 2.05) is 26.0 Å². The summed E-state index contributed by atoms with van der Waals surface area (Å²) in [6, 6.07) is 6.92. The first-order valence-corrected chi connectivity index (χ1v) is 9.59. The van der Waals surface area contributed by atoms with E-state index in [1.54, 1.807) is 12.1 Å². The molecule has 0 aliphatic heterocycles. The van der Waals surface area contributed by atoms with E-state index in [-0.39, 0.29) is 23.8 Å². The Balaban J connectivity index is 1.68. The van der Waals surface area contributed by atoms with E-state index in [2.05, 4.69) is 10.6 Å². The van der Waals surface area contributed by atoms with E-state index < -0.39 is 0 Å². The van der Waals surface area contributed by atoms with Crippen molar-refractivity contribution in [3.8, 4) is 0 Å². The number of halogens is 2. The Morgan fingerprint density at radius 3 is 2.56 bits per heavy atom. The number of benzene rings is 1. The zero-order chi connectivity index (χ0) is 18.1. The van der Waals surface area contributed by atoms with Crippen LogP contribution in [0.5, 0.6) is 0 Å². The number of rotatable bonds is 5. The lowest BCUT2D eigenvalue weighted by Gasteiger charge is -2.14. The maximum atomic E-state index is 12.6. The van der Waals surface area contributed by atoms with Gasteiger partial charge in [0.15, 0.2) is 0 Å². The average Bonchev–Trinajstić information content (AvgIpc) is 3.34. The molecule has 0 spiro atoms. The lowest BCUT2D eigenvalue weighted by Crippen LogP contribution is -2.26. The summed E-state index contributed by atoms with van der Waals surface area (Å²) in [4.78, 5) is 25.0. The molecule has 1 aliphatic carbocycles. The second-order valence-electron chi connectivity index (χ2n) is 6.26. The van der Waals surface area contributed by atoms with Gasteiger partial charge in [-0.3, -0.25) is 9.59 Å². The fourth-order valence-electron chi connectivity index (χ4n) is 2.47. The molecular weight excluding hydrogens is 379 g/mol. The smallest absolute Gasteiger partial charge is 0.262 e. The van der Waals surface area contributed by atoms with Crippen LogP contribution in [0.4, 0.5) is 5.00 Å². The molecule has 2 amide bonds. The van der Waals surface area contributed by atoms with Gasteiger partial charge in [-0.25, -0.2) is 0 Å². The third kappa shape index (κ3) is 4.35. The van der Waals surface area contributed by atoms with Crippen molar-refractivity contribution in [2.24, 2.45) is 5.92 Å². The Labute approximate surface area is 160 Å². The highest BCUT2D eigenvalue weighted by molar-refractivity contribution is 7.18. The Hall–Kier alpha value is -1.56. The number of aryl methyl sites for hydroxylation is 1. The fourth-order valence-corrected chi connectivity index (χ4v) is 3.75. The van der Waals surface area contributed by atoms with Gasteiger partial charge in [0.1, 0.15) is 0 Å². The van der Waals surface area contributed by atoms with Crippen molar-refractivity contribution in [2.75, 3.05) is 5.32 Å². The molecule has 1 saturated carbocycles. The SMILES string of the molecule is Cc1cc(NC(=O)C2CC2)sc1C(=O)N[C@@H](C)c1ccc(Cl)c(Cl)c1. The van der Waals surface area contributed by atoms with Crippen LogP contribution < -0.4 is 10.6 Å². The van der Waals surface area contributed by atoms with Gasteiger partial charge in [0.25, 0.3) is 5.91 Å². The summed E-state index contributed by atoms with van der Waals surface area (Å²) in [6.07, 6.45) is 1.90. The van der Waals surface area contributed by atoms with Crippen molar-refractivity contribution < 1.29 is 9.59 Å². The molecule has 1 aromatic carbocycles. The third-order valence-corrected chi connectivity index (χ3v) is 6.00. The molecular formula is C18H18Cl2N2O2S. The van der Waals surface area contributed by atoms with E-state index in [0.29, 0.717) is 19.9 Å². The van der Waals surface area contributed by atoms with Crippen LogP contribution in [0, 0.1) is 12.8 Å². The lowest BCUT2D eigenvalue weighted by molar-refractivity contribution is -0.117. The highest BCUT2D eigenvalue weighted by atomic mass is 35.5. The van der Waals surface area contributed by atoms with E-state index in [0.717, 1.165) is 24.0 Å². The van der Waals surface area contributed by atoms with Crippen LogP contribution in [-0.2, 0) is 4.79 Å². The lowest BCUT2D eigenvalue weighted by atomic mass is 10.1. The molecule has 25 heavy (non-hydrogen) atoms. The third-order valence-electron chi connectivity index (χ3n) is 4.11. The number of nitrogens with one attached hydrogen (secondary N) is 2. The van der Waals surface area contributed by atoms with Crippen molar-refractivity contribution >= 4 is 51.4 Å². The Morgan fingerprint density at radius 2 is 1.92 bits per heavy atom. The molecule has 0 radical (unpaired) electrons. The van der Waals surface area contributed by atoms with Crippen molar-refractivity contribution in [3.05, 3.63) is 50.3 Å². The molecule has 1 fully saturated rings. The summed E-state index contributed by atoms with van der Waals surface area (Å²) >= 11 is 13.3. The summed E-state index contributed by atoms with van der Waals surface area (Å²) in [5, 5.41) is 7.49. The number of hydrogen-bond acceptors (Lipinski definition) is 3. The van der Waals surface area contributed by atoms with Crippen LogP contribution in [0.1, 0.15) is 46.6 Å². The van der Waals surface area contributed by atoms with Crippen LogP contribution >= 0.6 is 34.5 Å². The first-order chi connectivity index (χ1) is 11.8. The number of carbonyl (C=O) groups is 2. The largest absolute Gasteiger partial charge is 0.345 e. The fraction of sp³-hybridized carbons (Fsp3) is 0.333. The predicted molar refractivity (Wildman–Crippen MR) is 103 cm³/mol. The Kier molecular flexibility index (Phi) is 5.37. The quantitative estimate of drug-likeness (QED) is 0.728. The monoisotopic (exact) mass is 396 g/mol.